The Morgan fingerprint density at radius 1 is 1.32 bits per heavy atom. The minimum Gasteiger partial charge on any atom is -0.480 e. The Morgan fingerprint density at radius 2 is 1.95 bits per heavy atom. The van der Waals surface area contributed by atoms with Crippen molar-refractivity contribution >= 4 is 40.0 Å². The Bertz CT molecular complexity index is 619. The first-order valence-electron chi connectivity index (χ1n) is 6.34. The SMILES string of the molecule is CS(=O)(=O)N1CCN(c2cc(NCC(=O)O)ncn2)CC1.Cl. The standard InChI is InChI=1S/C11H17N5O4S.ClH/c1-21(19,20)16-4-2-15(3-5-16)10-6-9(13-8-14-10)12-7-11(17)18;/h6,8H,2-5,7H2,1H3,(H,17,18)(H,12,13,14);1H. The van der Waals surface area contributed by atoms with Crippen LogP contribution in [0.4, 0.5) is 11.6 Å². The summed E-state index contributed by atoms with van der Waals surface area (Å²) in [5, 5.41) is 11.3. The molecule has 124 valence electrons. The van der Waals surface area contributed by atoms with Crippen LogP contribution in [-0.4, -0.2) is 72.7 Å². The van der Waals surface area contributed by atoms with Crippen LogP contribution in [0.1, 0.15) is 0 Å². The highest BCUT2D eigenvalue weighted by molar-refractivity contribution is 7.88. The maximum Gasteiger partial charge on any atom is 0.322 e. The molecule has 0 saturated carbocycles. The lowest BCUT2D eigenvalue weighted by Crippen LogP contribution is -2.48. The first-order valence-corrected chi connectivity index (χ1v) is 8.19. The first-order chi connectivity index (χ1) is 9.86. The Kier molecular flexibility index (Phi) is 6.33. The molecule has 1 aromatic heterocycles. The van der Waals surface area contributed by atoms with E-state index in [4.69, 9.17) is 5.11 Å². The van der Waals surface area contributed by atoms with Gasteiger partial charge >= 0.3 is 5.97 Å². The van der Waals surface area contributed by atoms with E-state index in [0.29, 0.717) is 37.8 Å². The summed E-state index contributed by atoms with van der Waals surface area (Å²) in [6.07, 6.45) is 2.55. The molecule has 9 nitrogen and oxygen atoms in total. The van der Waals surface area contributed by atoms with E-state index in [1.54, 1.807) is 6.07 Å². The van der Waals surface area contributed by atoms with Crippen molar-refractivity contribution in [2.24, 2.45) is 0 Å². The van der Waals surface area contributed by atoms with E-state index < -0.39 is 16.0 Å². The number of anilines is 2. The van der Waals surface area contributed by atoms with Gasteiger partial charge in [0.15, 0.2) is 0 Å². The normalized spacial score (nSPS) is 16.0. The molecule has 1 aliphatic heterocycles. The van der Waals surface area contributed by atoms with Crippen LogP contribution in [0.15, 0.2) is 12.4 Å². The summed E-state index contributed by atoms with van der Waals surface area (Å²) >= 11 is 0. The molecule has 11 heteroatoms. The third kappa shape index (κ3) is 4.97. The highest BCUT2D eigenvalue weighted by atomic mass is 35.5. The number of nitrogens with zero attached hydrogens (tertiary/aromatic N) is 4. The molecular weight excluding hydrogens is 334 g/mol. The van der Waals surface area contributed by atoms with Gasteiger partial charge in [0.25, 0.3) is 0 Å². The van der Waals surface area contributed by atoms with Gasteiger partial charge in [-0.3, -0.25) is 4.79 Å². The molecule has 0 unspecified atom stereocenters. The second kappa shape index (κ2) is 7.56. The van der Waals surface area contributed by atoms with Crippen molar-refractivity contribution in [1.29, 1.82) is 0 Å². The van der Waals surface area contributed by atoms with Crippen molar-refractivity contribution < 1.29 is 18.3 Å². The number of aromatic nitrogens is 2. The molecule has 1 aliphatic rings. The molecule has 0 atom stereocenters. The number of carbonyl (C=O) groups is 1. The van der Waals surface area contributed by atoms with Gasteiger partial charge in [-0.2, -0.15) is 4.31 Å². The molecule has 1 fully saturated rings. The molecule has 0 radical (unpaired) electrons. The lowest BCUT2D eigenvalue weighted by molar-refractivity contribution is -0.134. The number of halogens is 1. The highest BCUT2D eigenvalue weighted by Gasteiger charge is 2.24. The number of hydrogen-bond acceptors (Lipinski definition) is 7. The van der Waals surface area contributed by atoms with E-state index >= 15 is 0 Å². The van der Waals surface area contributed by atoms with Crippen LogP contribution in [0.3, 0.4) is 0 Å². The summed E-state index contributed by atoms with van der Waals surface area (Å²) in [4.78, 5) is 20.5. The van der Waals surface area contributed by atoms with Crippen LogP contribution in [0.25, 0.3) is 0 Å². The Balaban J connectivity index is 0.00000242. The zero-order valence-electron chi connectivity index (χ0n) is 12.0. The van der Waals surface area contributed by atoms with E-state index in [9.17, 15) is 13.2 Å². The predicted molar refractivity (Wildman–Crippen MR) is 84.0 cm³/mol. The maximum absolute atomic E-state index is 11.4. The van der Waals surface area contributed by atoms with Gasteiger partial charge in [-0.25, -0.2) is 18.4 Å². The molecule has 22 heavy (non-hydrogen) atoms. The number of piperazine rings is 1. The minimum absolute atomic E-state index is 0. The fourth-order valence-electron chi connectivity index (χ4n) is 2.03. The van der Waals surface area contributed by atoms with Gasteiger partial charge in [-0.05, 0) is 0 Å². The van der Waals surface area contributed by atoms with Crippen molar-refractivity contribution in [3.05, 3.63) is 12.4 Å². The molecular formula is C11H18ClN5O4S. The molecule has 2 rings (SSSR count). The van der Waals surface area contributed by atoms with Crippen LogP contribution in [0.5, 0.6) is 0 Å². The summed E-state index contributed by atoms with van der Waals surface area (Å²) in [7, 11) is -3.16. The van der Waals surface area contributed by atoms with Crippen LogP contribution in [-0.2, 0) is 14.8 Å². The van der Waals surface area contributed by atoms with Gasteiger partial charge < -0.3 is 15.3 Å². The molecule has 1 aromatic rings. The third-order valence-electron chi connectivity index (χ3n) is 3.11. The number of rotatable bonds is 5. The topological polar surface area (TPSA) is 116 Å². The Morgan fingerprint density at radius 3 is 2.50 bits per heavy atom. The number of carboxylic acids is 1. The quantitative estimate of drug-likeness (QED) is 0.727. The summed E-state index contributed by atoms with van der Waals surface area (Å²) in [6.45, 7) is 1.64. The lowest BCUT2D eigenvalue weighted by Gasteiger charge is -2.33. The number of carboxylic acid groups (broad SMARTS) is 1. The zero-order valence-corrected chi connectivity index (χ0v) is 13.6. The van der Waals surface area contributed by atoms with Gasteiger partial charge in [-0.15, -0.1) is 12.4 Å². The smallest absolute Gasteiger partial charge is 0.322 e. The second-order valence-electron chi connectivity index (χ2n) is 4.66. The molecule has 1 saturated heterocycles. The van der Waals surface area contributed by atoms with Gasteiger partial charge in [0.05, 0.1) is 6.26 Å². The fraction of sp³-hybridized carbons (Fsp3) is 0.545. The highest BCUT2D eigenvalue weighted by Crippen LogP contribution is 2.17. The minimum atomic E-state index is -3.16. The van der Waals surface area contributed by atoms with Crippen molar-refractivity contribution in [3.8, 4) is 0 Å². The Labute approximate surface area is 134 Å². The second-order valence-corrected chi connectivity index (χ2v) is 6.64. The number of sulfonamides is 1. The van der Waals surface area contributed by atoms with Crippen molar-refractivity contribution in [1.82, 2.24) is 14.3 Å². The van der Waals surface area contributed by atoms with Crippen molar-refractivity contribution in [2.45, 2.75) is 0 Å². The van der Waals surface area contributed by atoms with Crippen molar-refractivity contribution in [3.63, 3.8) is 0 Å². The van der Waals surface area contributed by atoms with Gasteiger partial charge in [0.1, 0.15) is 24.5 Å². The van der Waals surface area contributed by atoms with E-state index in [-0.39, 0.29) is 19.0 Å². The first kappa shape index (κ1) is 18.4. The summed E-state index contributed by atoms with van der Waals surface area (Å²) in [5.41, 5.74) is 0. The lowest BCUT2D eigenvalue weighted by atomic mass is 10.3. The summed E-state index contributed by atoms with van der Waals surface area (Å²) in [5.74, 6) is 0.0934. The fourth-order valence-corrected chi connectivity index (χ4v) is 2.86. The molecule has 2 N–H and O–H groups in total. The van der Waals surface area contributed by atoms with Crippen LogP contribution < -0.4 is 10.2 Å². The largest absolute Gasteiger partial charge is 0.480 e. The van der Waals surface area contributed by atoms with Crippen molar-refractivity contribution in [2.75, 3.05) is 49.2 Å². The Hall–Kier alpha value is -1.65. The van der Waals surface area contributed by atoms with Crippen LogP contribution in [0.2, 0.25) is 0 Å². The van der Waals surface area contributed by atoms with E-state index in [1.165, 1.54) is 16.9 Å². The van der Waals surface area contributed by atoms with E-state index in [2.05, 4.69) is 15.3 Å². The zero-order chi connectivity index (χ0) is 15.5. The van der Waals surface area contributed by atoms with E-state index in [0.717, 1.165) is 0 Å². The van der Waals surface area contributed by atoms with Gasteiger partial charge in [0, 0.05) is 32.2 Å². The summed E-state index contributed by atoms with van der Waals surface area (Å²) in [6, 6.07) is 1.65. The summed E-state index contributed by atoms with van der Waals surface area (Å²) < 4.78 is 24.3. The maximum atomic E-state index is 11.4. The monoisotopic (exact) mass is 351 g/mol. The number of hydrogen-bond donors (Lipinski definition) is 2. The molecule has 0 aliphatic carbocycles. The molecule has 0 bridgehead atoms. The third-order valence-corrected chi connectivity index (χ3v) is 4.41. The van der Waals surface area contributed by atoms with Gasteiger partial charge in [-0.1, -0.05) is 0 Å². The molecule has 0 amide bonds. The molecule has 0 spiro atoms. The van der Waals surface area contributed by atoms with Crippen LogP contribution in [0, 0.1) is 0 Å². The molecule has 0 aromatic carbocycles. The van der Waals surface area contributed by atoms with Crippen LogP contribution >= 0.6 is 12.4 Å². The average Bonchev–Trinajstić information content (AvgIpc) is 2.45. The number of aliphatic carboxylic acids is 1. The van der Waals surface area contributed by atoms with Gasteiger partial charge in [0.2, 0.25) is 10.0 Å². The average molecular weight is 352 g/mol. The predicted octanol–water partition coefficient (Wildman–Crippen LogP) is -0.523. The molecule has 2 heterocycles. The van der Waals surface area contributed by atoms with E-state index in [1.807, 2.05) is 4.90 Å². The number of nitrogens with one attached hydrogen (secondary N) is 1.